The molecule has 0 aromatic heterocycles. The Morgan fingerprint density at radius 3 is 2.55 bits per heavy atom. The van der Waals surface area contributed by atoms with E-state index in [4.69, 9.17) is 5.73 Å². The van der Waals surface area contributed by atoms with Gasteiger partial charge in [0.2, 0.25) is 10.0 Å². The number of hydrazine groups is 1. The first-order chi connectivity index (χ1) is 4.98. The predicted octanol–water partition coefficient (Wildman–Crippen LogP) is -0.936. The van der Waals surface area contributed by atoms with Gasteiger partial charge in [-0.05, 0) is 18.6 Å². The first-order valence-corrected chi connectivity index (χ1v) is 5.09. The second kappa shape index (κ2) is 4.47. The smallest absolute Gasteiger partial charge is 0.228 e. The van der Waals surface area contributed by atoms with E-state index in [2.05, 4.69) is 17.6 Å². The lowest BCUT2D eigenvalue weighted by Gasteiger charge is -2.05. The minimum Gasteiger partial charge on any atom is -0.375 e. The first-order valence-electron chi connectivity index (χ1n) is 3.03. The molecule has 0 aliphatic rings. The Kier molecular flexibility index (Phi) is 4.31. The highest BCUT2D eigenvalue weighted by Gasteiger charge is 2.06. The lowest BCUT2D eigenvalue weighted by molar-refractivity contribution is 0.576. The van der Waals surface area contributed by atoms with Crippen molar-refractivity contribution in [2.24, 2.45) is 5.73 Å². The molecule has 0 amide bonds. The highest BCUT2D eigenvalue weighted by Crippen LogP contribution is 1.84. The van der Waals surface area contributed by atoms with Gasteiger partial charge < -0.3 is 5.73 Å². The summed E-state index contributed by atoms with van der Waals surface area (Å²) in [6.07, 6.45) is 0.550. The zero-order valence-electron chi connectivity index (χ0n) is 6.12. The zero-order valence-corrected chi connectivity index (χ0v) is 7.76. The summed E-state index contributed by atoms with van der Waals surface area (Å²) in [5, 5.41) is -0.0929. The van der Waals surface area contributed by atoms with Crippen LogP contribution in [0.2, 0.25) is 0 Å². The summed E-state index contributed by atoms with van der Waals surface area (Å²) >= 11 is 4.39. The lowest BCUT2D eigenvalue weighted by Crippen LogP contribution is -2.45. The fourth-order valence-corrected chi connectivity index (χ4v) is 1.47. The van der Waals surface area contributed by atoms with Crippen LogP contribution in [-0.2, 0) is 10.0 Å². The summed E-state index contributed by atoms with van der Waals surface area (Å²) < 4.78 is 21.7. The van der Waals surface area contributed by atoms with Crippen LogP contribution in [0.15, 0.2) is 0 Å². The summed E-state index contributed by atoms with van der Waals surface area (Å²) in [7, 11) is -3.26. The third-order valence-electron chi connectivity index (χ3n) is 0.803. The molecule has 7 heteroatoms. The molecule has 66 valence electrons. The van der Waals surface area contributed by atoms with Crippen LogP contribution in [0.3, 0.4) is 0 Å². The molecule has 0 aliphatic carbocycles. The van der Waals surface area contributed by atoms with Gasteiger partial charge in [-0.1, -0.05) is 6.92 Å². The first kappa shape index (κ1) is 10.6. The molecular weight excluding hydrogens is 186 g/mol. The van der Waals surface area contributed by atoms with Crippen LogP contribution >= 0.6 is 12.2 Å². The van der Waals surface area contributed by atoms with Crippen LogP contribution in [0.4, 0.5) is 0 Å². The van der Waals surface area contributed by atoms with Crippen molar-refractivity contribution in [2.45, 2.75) is 13.3 Å². The van der Waals surface area contributed by atoms with E-state index in [9.17, 15) is 8.42 Å². The van der Waals surface area contributed by atoms with E-state index in [-0.39, 0.29) is 10.9 Å². The van der Waals surface area contributed by atoms with Gasteiger partial charge in [0, 0.05) is 0 Å². The maximum Gasteiger partial charge on any atom is 0.228 e. The van der Waals surface area contributed by atoms with Crippen LogP contribution in [0.1, 0.15) is 13.3 Å². The Hall–Kier alpha value is -0.400. The standard InChI is InChI=1S/C4H11N3O2S2/c1-2-3-11(8,9)7-6-4(5)10/h7H,2-3H2,1H3,(H3,5,6,10). The number of thiocarbonyl (C=S) groups is 1. The number of nitrogens with one attached hydrogen (secondary N) is 2. The summed E-state index contributed by atoms with van der Waals surface area (Å²) in [4.78, 5) is 2.02. The molecule has 0 fully saturated rings. The molecule has 0 bridgehead atoms. The van der Waals surface area contributed by atoms with Gasteiger partial charge in [-0.15, -0.1) is 4.83 Å². The van der Waals surface area contributed by atoms with Crippen molar-refractivity contribution in [1.82, 2.24) is 10.3 Å². The minimum absolute atomic E-state index is 0.0581. The number of hydrogen-bond acceptors (Lipinski definition) is 3. The van der Waals surface area contributed by atoms with Gasteiger partial charge in [-0.3, -0.25) is 5.43 Å². The highest BCUT2D eigenvalue weighted by molar-refractivity contribution is 7.89. The topological polar surface area (TPSA) is 84.2 Å². The summed E-state index contributed by atoms with van der Waals surface area (Å²) in [5.41, 5.74) is 7.13. The third-order valence-corrected chi connectivity index (χ3v) is 2.26. The van der Waals surface area contributed by atoms with Crippen molar-refractivity contribution >= 4 is 27.4 Å². The highest BCUT2D eigenvalue weighted by atomic mass is 32.2. The van der Waals surface area contributed by atoms with E-state index in [0.717, 1.165) is 0 Å². The lowest BCUT2D eigenvalue weighted by atomic mass is 10.6. The second-order valence-electron chi connectivity index (χ2n) is 1.91. The second-order valence-corrected chi connectivity index (χ2v) is 4.19. The Labute approximate surface area is 71.4 Å². The molecule has 0 radical (unpaired) electrons. The number of rotatable bonds is 4. The molecule has 0 heterocycles. The summed E-state index contributed by atoms with van der Waals surface area (Å²) in [6.45, 7) is 1.76. The van der Waals surface area contributed by atoms with Crippen LogP contribution in [0.5, 0.6) is 0 Å². The van der Waals surface area contributed by atoms with E-state index in [1.54, 1.807) is 6.92 Å². The molecule has 0 spiro atoms. The van der Waals surface area contributed by atoms with E-state index >= 15 is 0 Å². The summed E-state index contributed by atoms with van der Waals surface area (Å²) in [5.74, 6) is 0.0581. The molecule has 0 saturated carbocycles. The van der Waals surface area contributed by atoms with Gasteiger partial charge in [0.25, 0.3) is 0 Å². The van der Waals surface area contributed by atoms with Crippen LogP contribution in [0.25, 0.3) is 0 Å². The Morgan fingerprint density at radius 1 is 1.64 bits per heavy atom. The Bertz CT molecular complexity index is 223. The van der Waals surface area contributed by atoms with Crippen LogP contribution in [0, 0.1) is 0 Å². The molecule has 0 rings (SSSR count). The van der Waals surface area contributed by atoms with Gasteiger partial charge in [0.05, 0.1) is 5.75 Å². The normalized spacial score (nSPS) is 11.0. The van der Waals surface area contributed by atoms with Crippen molar-refractivity contribution in [3.63, 3.8) is 0 Å². The number of sulfonamides is 1. The molecular formula is C4H11N3O2S2. The van der Waals surface area contributed by atoms with Gasteiger partial charge in [0.15, 0.2) is 5.11 Å². The van der Waals surface area contributed by atoms with Crippen molar-refractivity contribution in [1.29, 1.82) is 0 Å². The Balaban J connectivity index is 3.84. The Morgan fingerprint density at radius 2 is 2.18 bits per heavy atom. The van der Waals surface area contributed by atoms with Crippen molar-refractivity contribution in [2.75, 3.05) is 5.75 Å². The number of nitrogens with two attached hydrogens (primary N) is 1. The molecule has 4 N–H and O–H groups in total. The molecule has 0 aromatic carbocycles. The zero-order chi connectivity index (χ0) is 8.91. The van der Waals surface area contributed by atoms with E-state index in [1.807, 2.05) is 4.83 Å². The number of hydrogen-bond donors (Lipinski definition) is 3. The van der Waals surface area contributed by atoms with Crippen molar-refractivity contribution in [3.8, 4) is 0 Å². The van der Waals surface area contributed by atoms with E-state index in [1.165, 1.54) is 0 Å². The quantitative estimate of drug-likeness (QED) is 0.400. The molecule has 0 atom stereocenters. The van der Waals surface area contributed by atoms with E-state index < -0.39 is 10.0 Å². The van der Waals surface area contributed by atoms with Crippen molar-refractivity contribution < 1.29 is 8.42 Å². The average molecular weight is 197 g/mol. The molecule has 0 aliphatic heterocycles. The third kappa shape index (κ3) is 6.02. The summed E-state index contributed by atoms with van der Waals surface area (Å²) in [6, 6.07) is 0. The van der Waals surface area contributed by atoms with Crippen molar-refractivity contribution in [3.05, 3.63) is 0 Å². The van der Waals surface area contributed by atoms with Gasteiger partial charge in [-0.2, -0.15) is 0 Å². The fraction of sp³-hybridized carbons (Fsp3) is 0.750. The molecule has 5 nitrogen and oxygen atoms in total. The predicted molar refractivity (Wildman–Crippen MR) is 47.1 cm³/mol. The molecule has 0 saturated heterocycles. The fourth-order valence-electron chi connectivity index (χ4n) is 0.448. The largest absolute Gasteiger partial charge is 0.375 e. The van der Waals surface area contributed by atoms with Crippen LogP contribution in [-0.4, -0.2) is 19.3 Å². The van der Waals surface area contributed by atoms with Gasteiger partial charge in [0.1, 0.15) is 0 Å². The maximum atomic E-state index is 10.8. The van der Waals surface area contributed by atoms with Gasteiger partial charge >= 0.3 is 0 Å². The van der Waals surface area contributed by atoms with Crippen LogP contribution < -0.4 is 16.0 Å². The monoisotopic (exact) mass is 197 g/mol. The van der Waals surface area contributed by atoms with Gasteiger partial charge in [-0.25, -0.2) is 8.42 Å². The van der Waals surface area contributed by atoms with E-state index in [0.29, 0.717) is 6.42 Å². The minimum atomic E-state index is -3.26. The maximum absolute atomic E-state index is 10.8. The molecule has 11 heavy (non-hydrogen) atoms. The molecule has 0 aromatic rings. The average Bonchev–Trinajstić information content (AvgIpc) is 1.84. The SMILES string of the molecule is CCCS(=O)(=O)NNC(N)=S. The molecule has 0 unspecified atom stereocenters.